The molecule has 0 saturated carbocycles. The fraction of sp³-hybridized carbons (Fsp3) is 0.556. The molecular formula is C9H12ClNOS. The number of hydrogen-bond donors (Lipinski definition) is 2. The molecule has 2 nitrogen and oxygen atoms in total. The molecule has 2 heterocycles. The van der Waals surface area contributed by atoms with Crippen molar-refractivity contribution in [1.29, 1.82) is 0 Å². The number of aliphatic hydroxyl groups is 1. The Labute approximate surface area is 86.5 Å². The lowest BCUT2D eigenvalue weighted by Crippen LogP contribution is -2.39. The van der Waals surface area contributed by atoms with Gasteiger partial charge in [-0.25, -0.2) is 0 Å². The van der Waals surface area contributed by atoms with Gasteiger partial charge in [0.1, 0.15) is 5.60 Å². The zero-order valence-electron chi connectivity index (χ0n) is 7.22. The van der Waals surface area contributed by atoms with Gasteiger partial charge in [-0.15, -0.1) is 11.3 Å². The van der Waals surface area contributed by atoms with Gasteiger partial charge in [0.15, 0.2) is 0 Å². The molecule has 1 aromatic heterocycles. The van der Waals surface area contributed by atoms with E-state index >= 15 is 0 Å². The predicted octanol–water partition coefficient (Wildman–Crippen LogP) is 1.97. The van der Waals surface area contributed by atoms with Gasteiger partial charge in [-0.3, -0.25) is 0 Å². The van der Waals surface area contributed by atoms with Crippen LogP contribution in [0.1, 0.15) is 17.7 Å². The Morgan fingerprint density at radius 2 is 2.08 bits per heavy atom. The van der Waals surface area contributed by atoms with Crippen molar-refractivity contribution in [3.05, 3.63) is 21.3 Å². The van der Waals surface area contributed by atoms with Crippen LogP contribution in [0.15, 0.2) is 12.1 Å². The predicted molar refractivity (Wildman–Crippen MR) is 55.3 cm³/mol. The van der Waals surface area contributed by atoms with Gasteiger partial charge in [-0.05, 0) is 38.1 Å². The average Bonchev–Trinajstić information content (AvgIpc) is 2.54. The van der Waals surface area contributed by atoms with Gasteiger partial charge >= 0.3 is 0 Å². The zero-order valence-corrected chi connectivity index (χ0v) is 8.79. The molecule has 2 rings (SSSR count). The fourth-order valence-corrected chi connectivity index (χ4v) is 2.84. The molecule has 2 N–H and O–H groups in total. The Bertz CT molecular complexity index is 294. The Morgan fingerprint density at radius 1 is 1.38 bits per heavy atom. The molecule has 13 heavy (non-hydrogen) atoms. The topological polar surface area (TPSA) is 32.3 Å². The third-order valence-electron chi connectivity index (χ3n) is 2.46. The lowest BCUT2D eigenvalue weighted by atomic mass is 9.91. The van der Waals surface area contributed by atoms with Crippen molar-refractivity contribution in [2.45, 2.75) is 18.4 Å². The molecule has 1 aliphatic heterocycles. The highest BCUT2D eigenvalue weighted by molar-refractivity contribution is 7.16. The minimum Gasteiger partial charge on any atom is -0.384 e. The lowest BCUT2D eigenvalue weighted by Gasteiger charge is -2.31. The summed E-state index contributed by atoms with van der Waals surface area (Å²) in [6, 6.07) is 3.78. The van der Waals surface area contributed by atoms with E-state index in [1.54, 1.807) is 0 Å². The van der Waals surface area contributed by atoms with Crippen molar-refractivity contribution in [2.24, 2.45) is 0 Å². The second-order valence-electron chi connectivity index (χ2n) is 3.39. The van der Waals surface area contributed by atoms with Crippen LogP contribution < -0.4 is 5.32 Å². The summed E-state index contributed by atoms with van der Waals surface area (Å²) in [6.07, 6.45) is 1.56. The summed E-state index contributed by atoms with van der Waals surface area (Å²) in [5.74, 6) is 0. The summed E-state index contributed by atoms with van der Waals surface area (Å²) in [7, 11) is 0. The highest BCUT2D eigenvalue weighted by Gasteiger charge is 2.32. The average molecular weight is 218 g/mol. The quantitative estimate of drug-likeness (QED) is 0.754. The summed E-state index contributed by atoms with van der Waals surface area (Å²) in [4.78, 5) is 0.999. The van der Waals surface area contributed by atoms with Gasteiger partial charge in [0, 0.05) is 4.88 Å². The van der Waals surface area contributed by atoms with Gasteiger partial charge in [0.2, 0.25) is 0 Å². The van der Waals surface area contributed by atoms with E-state index in [-0.39, 0.29) is 0 Å². The second kappa shape index (κ2) is 3.58. The number of halogens is 1. The number of piperidine rings is 1. The Kier molecular flexibility index (Phi) is 2.60. The number of thiophene rings is 1. The maximum atomic E-state index is 10.3. The molecule has 0 radical (unpaired) electrons. The maximum absolute atomic E-state index is 10.3. The van der Waals surface area contributed by atoms with E-state index in [1.807, 2.05) is 12.1 Å². The minimum absolute atomic E-state index is 0.636. The van der Waals surface area contributed by atoms with Crippen LogP contribution in [0.5, 0.6) is 0 Å². The van der Waals surface area contributed by atoms with Crippen LogP contribution in [0.2, 0.25) is 4.34 Å². The molecular weight excluding hydrogens is 206 g/mol. The first-order valence-corrected chi connectivity index (χ1v) is 5.59. The molecule has 1 aliphatic rings. The molecule has 0 amide bonds. The van der Waals surface area contributed by atoms with Crippen LogP contribution in [0.3, 0.4) is 0 Å². The smallest absolute Gasteiger partial charge is 0.101 e. The molecule has 0 aromatic carbocycles. The highest BCUT2D eigenvalue weighted by Crippen LogP contribution is 2.36. The van der Waals surface area contributed by atoms with Crippen LogP contribution >= 0.6 is 22.9 Å². The minimum atomic E-state index is -0.636. The third kappa shape index (κ3) is 1.89. The Balaban J connectivity index is 2.22. The number of nitrogens with one attached hydrogen (secondary N) is 1. The fourth-order valence-electron chi connectivity index (χ4n) is 1.65. The molecule has 0 bridgehead atoms. The first kappa shape index (κ1) is 9.46. The van der Waals surface area contributed by atoms with E-state index in [2.05, 4.69) is 5.32 Å². The van der Waals surface area contributed by atoms with Crippen molar-refractivity contribution < 1.29 is 5.11 Å². The van der Waals surface area contributed by atoms with E-state index in [0.717, 1.165) is 35.1 Å². The molecule has 0 unspecified atom stereocenters. The summed E-state index contributed by atoms with van der Waals surface area (Å²) < 4.78 is 0.752. The van der Waals surface area contributed by atoms with Crippen molar-refractivity contribution in [1.82, 2.24) is 5.32 Å². The third-order valence-corrected chi connectivity index (χ3v) is 3.89. The van der Waals surface area contributed by atoms with Gasteiger partial charge in [-0.2, -0.15) is 0 Å². The van der Waals surface area contributed by atoms with Crippen molar-refractivity contribution in [2.75, 3.05) is 13.1 Å². The molecule has 0 spiro atoms. The first-order chi connectivity index (χ1) is 6.21. The number of rotatable bonds is 1. The van der Waals surface area contributed by atoms with Gasteiger partial charge in [0.05, 0.1) is 4.34 Å². The van der Waals surface area contributed by atoms with Gasteiger partial charge in [0.25, 0.3) is 0 Å². The van der Waals surface area contributed by atoms with Crippen LogP contribution in [-0.2, 0) is 5.60 Å². The summed E-state index contributed by atoms with van der Waals surface area (Å²) >= 11 is 7.31. The standard InChI is InChI=1S/C9H12ClNOS/c10-8-2-1-7(13-8)9(12)3-5-11-6-4-9/h1-2,11-12H,3-6H2. The van der Waals surface area contributed by atoms with Crippen molar-refractivity contribution in [3.63, 3.8) is 0 Å². The van der Waals surface area contributed by atoms with E-state index in [0.29, 0.717) is 0 Å². The van der Waals surface area contributed by atoms with Crippen LogP contribution in [0.4, 0.5) is 0 Å². The summed E-state index contributed by atoms with van der Waals surface area (Å²) in [6.45, 7) is 1.76. The van der Waals surface area contributed by atoms with Crippen LogP contribution in [0.25, 0.3) is 0 Å². The van der Waals surface area contributed by atoms with E-state index in [1.165, 1.54) is 11.3 Å². The molecule has 72 valence electrons. The lowest BCUT2D eigenvalue weighted by molar-refractivity contribution is 0.00944. The monoisotopic (exact) mass is 217 g/mol. The maximum Gasteiger partial charge on any atom is 0.101 e. The SMILES string of the molecule is OC1(c2ccc(Cl)s2)CCNCC1. The Hall–Kier alpha value is -0.0900. The largest absolute Gasteiger partial charge is 0.384 e. The molecule has 0 aliphatic carbocycles. The van der Waals surface area contributed by atoms with Crippen LogP contribution in [-0.4, -0.2) is 18.2 Å². The van der Waals surface area contributed by atoms with Gasteiger partial charge in [-0.1, -0.05) is 11.6 Å². The first-order valence-electron chi connectivity index (χ1n) is 4.40. The van der Waals surface area contributed by atoms with E-state index < -0.39 is 5.60 Å². The normalized spacial score (nSPS) is 21.7. The van der Waals surface area contributed by atoms with Crippen LogP contribution in [0, 0.1) is 0 Å². The van der Waals surface area contributed by atoms with Crippen molar-refractivity contribution in [3.8, 4) is 0 Å². The molecule has 0 atom stereocenters. The Morgan fingerprint density at radius 3 is 2.62 bits per heavy atom. The summed E-state index contributed by atoms with van der Waals surface area (Å²) in [5.41, 5.74) is -0.636. The zero-order chi connectivity index (χ0) is 9.31. The van der Waals surface area contributed by atoms with E-state index in [4.69, 9.17) is 11.6 Å². The molecule has 4 heteroatoms. The van der Waals surface area contributed by atoms with Crippen molar-refractivity contribution >= 4 is 22.9 Å². The number of hydrogen-bond acceptors (Lipinski definition) is 3. The molecule has 1 aromatic rings. The molecule has 1 fully saturated rings. The molecule has 1 saturated heterocycles. The summed E-state index contributed by atoms with van der Waals surface area (Å²) in [5, 5.41) is 13.5. The second-order valence-corrected chi connectivity index (χ2v) is 5.10. The highest BCUT2D eigenvalue weighted by atomic mass is 35.5. The van der Waals surface area contributed by atoms with E-state index in [9.17, 15) is 5.11 Å². The van der Waals surface area contributed by atoms with Gasteiger partial charge < -0.3 is 10.4 Å².